The van der Waals surface area contributed by atoms with Crippen LogP contribution in [0.4, 0.5) is 24.8 Å². The molecule has 1 N–H and O–H groups in total. The van der Waals surface area contributed by atoms with Crippen molar-refractivity contribution in [1.82, 2.24) is 19.6 Å². The molecular formula is C20H21F3N6O3. The molecule has 0 radical (unpaired) electrons. The Hall–Kier alpha value is -3.70. The second kappa shape index (κ2) is 8.81. The van der Waals surface area contributed by atoms with Crippen molar-refractivity contribution < 1.29 is 22.9 Å². The maximum absolute atomic E-state index is 12.9. The molecule has 0 saturated heterocycles. The molecule has 0 fully saturated rings. The Kier molecular flexibility index (Phi) is 6.32. The zero-order chi connectivity index (χ0) is 23.6. The first-order valence-electron chi connectivity index (χ1n) is 9.64. The minimum atomic E-state index is -4.43. The highest BCUT2D eigenvalue weighted by molar-refractivity contribution is 5.91. The van der Waals surface area contributed by atoms with Crippen LogP contribution in [-0.4, -0.2) is 30.4 Å². The second-order valence-electron chi connectivity index (χ2n) is 7.50. The van der Waals surface area contributed by atoms with Crippen LogP contribution in [0.5, 0.6) is 0 Å². The summed E-state index contributed by atoms with van der Waals surface area (Å²) in [5.74, 6) is -0.970. The molecule has 1 aromatic carbocycles. The molecule has 0 aliphatic carbocycles. The maximum atomic E-state index is 12.9. The largest absolute Gasteiger partial charge is 0.416 e. The van der Waals surface area contributed by atoms with Crippen LogP contribution in [0.15, 0.2) is 36.4 Å². The predicted octanol–water partition coefficient (Wildman–Crippen LogP) is 3.95. The number of carbonyl (C=O) groups excluding carboxylic acids is 1. The standard InChI is InChI=1S/C20H21F3N6O3/c1-12(10-27-14(3)8-18(26-27)29(31)32)19(30)24-17-7-13(2)28(25-17)11-15-5-4-6-16(9-15)20(21,22)23/h4-9,12H,10-11H2,1-3H3,(H,24,25,30). The molecule has 0 aliphatic heterocycles. The summed E-state index contributed by atoms with van der Waals surface area (Å²) in [4.78, 5) is 22.8. The van der Waals surface area contributed by atoms with Crippen molar-refractivity contribution >= 4 is 17.5 Å². The van der Waals surface area contributed by atoms with Gasteiger partial charge in [0.25, 0.3) is 0 Å². The van der Waals surface area contributed by atoms with Crippen LogP contribution >= 0.6 is 0 Å². The van der Waals surface area contributed by atoms with Crippen LogP contribution in [0.3, 0.4) is 0 Å². The molecule has 2 aromatic heterocycles. The maximum Gasteiger partial charge on any atom is 0.416 e. The van der Waals surface area contributed by atoms with Gasteiger partial charge in [0, 0.05) is 11.8 Å². The van der Waals surface area contributed by atoms with E-state index in [1.807, 2.05) is 0 Å². The van der Waals surface area contributed by atoms with E-state index in [9.17, 15) is 28.1 Å². The summed E-state index contributed by atoms with van der Waals surface area (Å²) in [5.41, 5.74) is 0.894. The number of nitrogens with one attached hydrogen (secondary N) is 1. The Morgan fingerprint density at radius 1 is 1.16 bits per heavy atom. The Morgan fingerprint density at radius 3 is 2.47 bits per heavy atom. The molecule has 3 aromatic rings. The fourth-order valence-electron chi connectivity index (χ4n) is 3.11. The molecule has 1 unspecified atom stereocenters. The topological polar surface area (TPSA) is 108 Å². The number of benzene rings is 1. The summed E-state index contributed by atoms with van der Waals surface area (Å²) in [6.45, 7) is 5.27. The molecule has 0 saturated carbocycles. The fraction of sp³-hybridized carbons (Fsp3) is 0.350. The predicted molar refractivity (Wildman–Crippen MR) is 109 cm³/mol. The number of hydrogen-bond acceptors (Lipinski definition) is 5. The molecule has 1 amide bonds. The Balaban J connectivity index is 1.67. The van der Waals surface area contributed by atoms with Crippen molar-refractivity contribution in [1.29, 1.82) is 0 Å². The molecule has 1 atom stereocenters. The molecule has 9 nitrogen and oxygen atoms in total. The number of carbonyl (C=O) groups is 1. The molecule has 12 heteroatoms. The number of amides is 1. The van der Waals surface area contributed by atoms with Crippen LogP contribution in [0.1, 0.15) is 29.4 Å². The third kappa shape index (κ3) is 5.31. The lowest BCUT2D eigenvalue weighted by atomic mass is 10.1. The minimum Gasteiger partial charge on any atom is -0.358 e. The number of alkyl halides is 3. The lowest BCUT2D eigenvalue weighted by Gasteiger charge is -2.10. The molecule has 3 rings (SSSR count). The smallest absolute Gasteiger partial charge is 0.358 e. The molecule has 0 spiro atoms. The summed E-state index contributed by atoms with van der Waals surface area (Å²) in [5, 5.41) is 21.6. The zero-order valence-corrected chi connectivity index (χ0v) is 17.6. The van der Waals surface area contributed by atoms with Gasteiger partial charge < -0.3 is 15.4 Å². The van der Waals surface area contributed by atoms with Gasteiger partial charge in [-0.1, -0.05) is 19.1 Å². The van der Waals surface area contributed by atoms with Gasteiger partial charge in [0.05, 0.1) is 41.4 Å². The summed E-state index contributed by atoms with van der Waals surface area (Å²) < 4.78 is 41.7. The number of aromatic nitrogens is 4. The third-order valence-corrected chi connectivity index (χ3v) is 4.87. The van der Waals surface area contributed by atoms with Crippen molar-refractivity contribution in [2.24, 2.45) is 5.92 Å². The molecule has 32 heavy (non-hydrogen) atoms. The first-order valence-corrected chi connectivity index (χ1v) is 9.64. The average molecular weight is 450 g/mol. The first-order chi connectivity index (χ1) is 14.9. The SMILES string of the molecule is Cc1cc(NC(=O)C(C)Cn2nc([N+](=O)[O-])cc2C)nn1Cc1cccc(C(F)(F)F)c1. The van der Waals surface area contributed by atoms with E-state index in [2.05, 4.69) is 15.5 Å². The van der Waals surface area contributed by atoms with E-state index in [0.29, 0.717) is 17.0 Å². The van der Waals surface area contributed by atoms with Gasteiger partial charge >= 0.3 is 12.0 Å². The van der Waals surface area contributed by atoms with Crippen LogP contribution in [0, 0.1) is 29.9 Å². The average Bonchev–Trinajstić information content (AvgIpc) is 3.23. The van der Waals surface area contributed by atoms with E-state index in [-0.39, 0.29) is 30.6 Å². The highest BCUT2D eigenvalue weighted by Crippen LogP contribution is 2.29. The number of aryl methyl sites for hydroxylation is 2. The van der Waals surface area contributed by atoms with E-state index < -0.39 is 22.6 Å². The van der Waals surface area contributed by atoms with Crippen LogP contribution in [-0.2, 0) is 24.1 Å². The van der Waals surface area contributed by atoms with Gasteiger partial charge in [0.2, 0.25) is 5.91 Å². The zero-order valence-electron chi connectivity index (χ0n) is 17.6. The summed E-state index contributed by atoms with van der Waals surface area (Å²) in [7, 11) is 0. The van der Waals surface area contributed by atoms with Gasteiger partial charge in [-0.05, 0) is 36.5 Å². The minimum absolute atomic E-state index is 0.108. The Labute approximate surface area is 181 Å². The van der Waals surface area contributed by atoms with Gasteiger partial charge in [-0.25, -0.2) is 0 Å². The highest BCUT2D eigenvalue weighted by Gasteiger charge is 2.30. The molecule has 170 valence electrons. The van der Waals surface area contributed by atoms with Crippen molar-refractivity contribution in [3.8, 4) is 0 Å². The van der Waals surface area contributed by atoms with Crippen molar-refractivity contribution in [2.45, 2.75) is 40.0 Å². The Morgan fingerprint density at radius 2 is 1.84 bits per heavy atom. The summed E-state index contributed by atoms with van der Waals surface area (Å²) in [6.07, 6.45) is -4.43. The number of anilines is 1. The lowest BCUT2D eigenvalue weighted by molar-refractivity contribution is -0.389. The molecule has 0 bridgehead atoms. The van der Waals surface area contributed by atoms with Gasteiger partial charge in [-0.3, -0.25) is 9.48 Å². The van der Waals surface area contributed by atoms with Crippen LogP contribution < -0.4 is 5.32 Å². The molecule has 0 aliphatic rings. The van der Waals surface area contributed by atoms with Crippen LogP contribution in [0.25, 0.3) is 0 Å². The monoisotopic (exact) mass is 450 g/mol. The second-order valence-corrected chi connectivity index (χ2v) is 7.50. The van der Waals surface area contributed by atoms with E-state index in [1.165, 1.54) is 21.5 Å². The van der Waals surface area contributed by atoms with Crippen molar-refractivity contribution in [3.05, 3.63) is 69.0 Å². The lowest BCUT2D eigenvalue weighted by Crippen LogP contribution is -2.25. The van der Waals surface area contributed by atoms with E-state index >= 15 is 0 Å². The third-order valence-electron chi connectivity index (χ3n) is 4.87. The Bertz CT molecular complexity index is 1150. The van der Waals surface area contributed by atoms with Crippen molar-refractivity contribution in [3.63, 3.8) is 0 Å². The number of rotatable bonds is 7. The highest BCUT2D eigenvalue weighted by atomic mass is 19.4. The van der Waals surface area contributed by atoms with Crippen molar-refractivity contribution in [2.75, 3.05) is 5.32 Å². The molecule has 2 heterocycles. The van der Waals surface area contributed by atoms with E-state index in [1.54, 1.807) is 32.9 Å². The normalized spacial score (nSPS) is 12.6. The number of nitrogens with zero attached hydrogens (tertiary/aromatic N) is 5. The molecular weight excluding hydrogens is 429 g/mol. The number of halogens is 3. The number of nitro groups is 1. The quantitative estimate of drug-likeness (QED) is 0.433. The summed E-state index contributed by atoms with van der Waals surface area (Å²) >= 11 is 0. The van der Waals surface area contributed by atoms with E-state index in [4.69, 9.17) is 0 Å². The van der Waals surface area contributed by atoms with E-state index in [0.717, 1.165) is 12.1 Å². The first kappa shape index (κ1) is 23.0. The van der Waals surface area contributed by atoms with Gasteiger partial charge in [-0.15, -0.1) is 0 Å². The summed E-state index contributed by atoms with van der Waals surface area (Å²) in [6, 6.07) is 7.91. The van der Waals surface area contributed by atoms with Gasteiger partial charge in [0.1, 0.15) is 0 Å². The number of hydrogen-bond donors (Lipinski definition) is 1. The van der Waals surface area contributed by atoms with Gasteiger partial charge in [0.15, 0.2) is 5.82 Å². The van der Waals surface area contributed by atoms with Crippen LogP contribution in [0.2, 0.25) is 0 Å². The fourth-order valence-corrected chi connectivity index (χ4v) is 3.11. The van der Waals surface area contributed by atoms with Gasteiger partial charge in [-0.2, -0.15) is 23.0 Å².